The van der Waals surface area contributed by atoms with Crippen LogP contribution in [0.4, 0.5) is 4.39 Å². The van der Waals surface area contributed by atoms with Gasteiger partial charge in [0.1, 0.15) is 6.67 Å². The smallest absolute Gasteiger partial charge is 0.196 e. The van der Waals surface area contributed by atoms with E-state index in [1.165, 1.54) is 12.3 Å². The lowest BCUT2D eigenvalue weighted by atomic mass is 10.4. The van der Waals surface area contributed by atoms with Gasteiger partial charge in [-0.1, -0.05) is 0 Å². The molecule has 0 aliphatic heterocycles. The summed E-state index contributed by atoms with van der Waals surface area (Å²) in [6.45, 7) is -0.541. The Labute approximate surface area is 60.3 Å². The Kier molecular flexibility index (Phi) is 2.10. The highest BCUT2D eigenvalue weighted by molar-refractivity contribution is 9.10. The normalized spacial score (nSPS) is 9.56. The van der Waals surface area contributed by atoms with E-state index in [-0.39, 0.29) is 0 Å². The van der Waals surface area contributed by atoms with Crippen molar-refractivity contribution in [1.82, 2.24) is 9.97 Å². The highest BCUT2D eigenvalue weighted by Gasteiger charge is 1.92. The van der Waals surface area contributed by atoms with Crippen molar-refractivity contribution in [1.29, 1.82) is 0 Å². The quantitative estimate of drug-likeness (QED) is 0.631. The number of alkyl halides is 1. The van der Waals surface area contributed by atoms with E-state index in [0.29, 0.717) is 10.4 Å². The summed E-state index contributed by atoms with van der Waals surface area (Å²) < 4.78 is 12.2. The average molecular weight is 191 g/mol. The molecule has 48 valence electrons. The molecule has 0 spiro atoms. The van der Waals surface area contributed by atoms with Gasteiger partial charge < -0.3 is 0 Å². The Morgan fingerprint density at radius 1 is 1.67 bits per heavy atom. The monoisotopic (exact) mass is 190 g/mol. The molecule has 0 aliphatic rings. The van der Waals surface area contributed by atoms with Crippen molar-refractivity contribution in [2.24, 2.45) is 0 Å². The van der Waals surface area contributed by atoms with Gasteiger partial charge in [-0.05, 0) is 22.0 Å². The molecule has 0 aliphatic carbocycles. The number of hydrogen-bond donors (Lipinski definition) is 0. The van der Waals surface area contributed by atoms with E-state index < -0.39 is 6.67 Å². The van der Waals surface area contributed by atoms with E-state index >= 15 is 0 Å². The maximum Gasteiger partial charge on any atom is 0.196 e. The molecule has 0 amide bonds. The second kappa shape index (κ2) is 2.87. The minimum Gasteiger partial charge on any atom is -0.244 e. The fourth-order valence-electron chi connectivity index (χ4n) is 0.444. The molecule has 0 unspecified atom stereocenters. The largest absolute Gasteiger partial charge is 0.244 e. The Hall–Kier alpha value is -0.510. The maximum absolute atomic E-state index is 11.8. The summed E-state index contributed by atoms with van der Waals surface area (Å²) in [6, 6.07) is 1.53. The van der Waals surface area contributed by atoms with Gasteiger partial charge in [0.15, 0.2) is 4.73 Å². The third kappa shape index (κ3) is 1.71. The number of aromatic nitrogens is 2. The summed E-state index contributed by atoms with van der Waals surface area (Å²) in [5.41, 5.74) is 0.400. The van der Waals surface area contributed by atoms with Crippen LogP contribution in [0.1, 0.15) is 5.69 Å². The molecule has 0 N–H and O–H groups in total. The zero-order valence-electron chi connectivity index (χ0n) is 4.51. The molecule has 1 aromatic rings. The topological polar surface area (TPSA) is 25.8 Å². The Balaban J connectivity index is 2.94. The standard InChI is InChI=1S/C5H4BrFN2/c6-5-8-2-1-4(3-7)9-5/h1-2H,3H2. The summed E-state index contributed by atoms with van der Waals surface area (Å²) in [4.78, 5) is 7.45. The molecule has 1 aromatic heterocycles. The molecule has 1 heterocycles. The molecule has 0 fully saturated rings. The van der Waals surface area contributed by atoms with Crippen LogP contribution in [0.15, 0.2) is 17.0 Å². The van der Waals surface area contributed by atoms with Crippen molar-refractivity contribution < 1.29 is 4.39 Å². The van der Waals surface area contributed by atoms with Gasteiger partial charge in [0.25, 0.3) is 0 Å². The van der Waals surface area contributed by atoms with Gasteiger partial charge in [-0.3, -0.25) is 0 Å². The third-order valence-corrected chi connectivity index (χ3v) is 1.20. The van der Waals surface area contributed by atoms with Gasteiger partial charge in [-0.25, -0.2) is 14.4 Å². The Bertz CT molecular complexity index is 204. The van der Waals surface area contributed by atoms with Crippen LogP contribution in [0.2, 0.25) is 0 Å². The van der Waals surface area contributed by atoms with Gasteiger partial charge >= 0.3 is 0 Å². The number of halogens is 2. The molecule has 0 saturated carbocycles. The van der Waals surface area contributed by atoms with Crippen molar-refractivity contribution in [2.75, 3.05) is 0 Å². The number of hydrogen-bond acceptors (Lipinski definition) is 2. The van der Waals surface area contributed by atoms with Gasteiger partial charge in [0.05, 0.1) is 5.69 Å². The first-order chi connectivity index (χ1) is 4.33. The van der Waals surface area contributed by atoms with E-state index in [0.717, 1.165) is 0 Å². The summed E-state index contributed by atoms with van der Waals surface area (Å²) >= 11 is 3.01. The van der Waals surface area contributed by atoms with Crippen molar-refractivity contribution in [3.63, 3.8) is 0 Å². The van der Waals surface area contributed by atoms with E-state index in [1.807, 2.05) is 0 Å². The lowest BCUT2D eigenvalue weighted by Gasteiger charge is -1.90. The van der Waals surface area contributed by atoms with Gasteiger partial charge in [0, 0.05) is 6.20 Å². The third-order valence-electron chi connectivity index (χ3n) is 0.821. The maximum atomic E-state index is 11.8. The lowest BCUT2D eigenvalue weighted by Crippen LogP contribution is -1.87. The Morgan fingerprint density at radius 3 is 2.89 bits per heavy atom. The van der Waals surface area contributed by atoms with Crippen molar-refractivity contribution in [3.05, 3.63) is 22.7 Å². The molecule has 0 aromatic carbocycles. The number of rotatable bonds is 1. The van der Waals surface area contributed by atoms with Gasteiger partial charge in [-0.15, -0.1) is 0 Å². The van der Waals surface area contributed by atoms with Crippen molar-refractivity contribution in [2.45, 2.75) is 6.67 Å². The summed E-state index contributed by atoms with van der Waals surface area (Å²) in [5.74, 6) is 0. The predicted molar refractivity (Wildman–Crippen MR) is 34.5 cm³/mol. The van der Waals surface area contributed by atoms with Gasteiger partial charge in [0.2, 0.25) is 0 Å². The average Bonchev–Trinajstić information content (AvgIpc) is 1.88. The summed E-state index contributed by atoms with van der Waals surface area (Å²) in [5, 5.41) is 0. The molecule has 4 heteroatoms. The highest BCUT2D eigenvalue weighted by Crippen LogP contribution is 2.02. The predicted octanol–water partition coefficient (Wildman–Crippen LogP) is 1.71. The summed E-state index contributed by atoms with van der Waals surface area (Å²) in [7, 11) is 0. The molecule has 0 radical (unpaired) electrons. The van der Waals surface area contributed by atoms with Crippen LogP contribution in [-0.4, -0.2) is 9.97 Å². The minimum atomic E-state index is -0.541. The van der Waals surface area contributed by atoms with Crippen molar-refractivity contribution >= 4 is 15.9 Å². The van der Waals surface area contributed by atoms with Crippen LogP contribution in [0.25, 0.3) is 0 Å². The second-order valence-corrected chi connectivity index (χ2v) is 2.16. The first kappa shape index (κ1) is 6.61. The lowest BCUT2D eigenvalue weighted by molar-refractivity contribution is 0.474. The summed E-state index contributed by atoms with van der Waals surface area (Å²) in [6.07, 6.45) is 1.51. The molecular weight excluding hydrogens is 187 g/mol. The van der Waals surface area contributed by atoms with Crippen LogP contribution < -0.4 is 0 Å². The van der Waals surface area contributed by atoms with Crippen LogP contribution in [0, 0.1) is 0 Å². The van der Waals surface area contributed by atoms with E-state index in [1.54, 1.807) is 0 Å². The first-order valence-electron chi connectivity index (χ1n) is 2.36. The molecular formula is C5H4BrFN2. The molecule has 0 saturated heterocycles. The Morgan fingerprint density at radius 2 is 2.44 bits per heavy atom. The van der Waals surface area contributed by atoms with E-state index in [9.17, 15) is 4.39 Å². The fraction of sp³-hybridized carbons (Fsp3) is 0.200. The van der Waals surface area contributed by atoms with Crippen molar-refractivity contribution in [3.8, 4) is 0 Å². The number of nitrogens with zero attached hydrogens (tertiary/aromatic N) is 2. The van der Waals surface area contributed by atoms with E-state index in [4.69, 9.17) is 0 Å². The SMILES string of the molecule is FCc1ccnc(Br)n1. The van der Waals surface area contributed by atoms with Gasteiger partial charge in [-0.2, -0.15) is 0 Å². The molecule has 0 atom stereocenters. The zero-order valence-corrected chi connectivity index (χ0v) is 6.10. The highest BCUT2D eigenvalue weighted by atomic mass is 79.9. The molecule has 1 rings (SSSR count). The fourth-order valence-corrected chi connectivity index (χ4v) is 0.790. The molecule has 0 bridgehead atoms. The molecule has 2 nitrogen and oxygen atoms in total. The second-order valence-electron chi connectivity index (χ2n) is 1.45. The zero-order chi connectivity index (χ0) is 6.69. The van der Waals surface area contributed by atoms with Crippen LogP contribution in [-0.2, 0) is 6.67 Å². The minimum absolute atomic E-state index is 0.400. The van der Waals surface area contributed by atoms with Crippen LogP contribution in [0.3, 0.4) is 0 Å². The van der Waals surface area contributed by atoms with Crippen LogP contribution >= 0.6 is 15.9 Å². The molecule has 9 heavy (non-hydrogen) atoms. The van der Waals surface area contributed by atoms with Crippen LogP contribution in [0.5, 0.6) is 0 Å². The van der Waals surface area contributed by atoms with E-state index in [2.05, 4.69) is 25.9 Å². The first-order valence-corrected chi connectivity index (χ1v) is 3.15.